The van der Waals surface area contributed by atoms with Crippen molar-refractivity contribution >= 4 is 5.97 Å². The smallest absolute Gasteiger partial charge is 0.310 e. The number of rotatable bonds is 7. The monoisotopic (exact) mass is 257 g/mol. The van der Waals surface area contributed by atoms with E-state index >= 15 is 0 Å². The maximum Gasteiger partial charge on any atom is 0.310 e. The quantitative estimate of drug-likeness (QED) is 0.734. The molecule has 0 bridgehead atoms. The number of carbonyl (C=O) groups is 1. The van der Waals surface area contributed by atoms with Gasteiger partial charge in [-0.2, -0.15) is 0 Å². The highest BCUT2D eigenvalue weighted by molar-refractivity contribution is 5.74. The highest BCUT2D eigenvalue weighted by atomic mass is 16.5. The lowest BCUT2D eigenvalue weighted by Gasteiger charge is -2.33. The number of ether oxygens (including phenoxy) is 1. The molecular weight excluding hydrogens is 230 g/mol. The van der Waals surface area contributed by atoms with Gasteiger partial charge in [0.15, 0.2) is 0 Å². The summed E-state index contributed by atoms with van der Waals surface area (Å²) in [6.45, 7) is 8.25. The average molecular weight is 257 g/mol. The minimum Gasteiger partial charge on any atom is -0.481 e. The van der Waals surface area contributed by atoms with E-state index in [1.54, 1.807) is 0 Å². The molecule has 2 unspecified atom stereocenters. The van der Waals surface area contributed by atoms with Crippen LogP contribution in [0.1, 0.15) is 46.5 Å². The minimum absolute atomic E-state index is 0.321. The van der Waals surface area contributed by atoms with E-state index in [2.05, 4.69) is 12.2 Å². The van der Waals surface area contributed by atoms with Crippen LogP contribution in [0.25, 0.3) is 0 Å². The van der Waals surface area contributed by atoms with Crippen molar-refractivity contribution in [3.8, 4) is 0 Å². The number of carboxylic acids is 1. The Morgan fingerprint density at radius 2 is 2.17 bits per heavy atom. The molecule has 4 heteroatoms. The van der Waals surface area contributed by atoms with Gasteiger partial charge < -0.3 is 15.2 Å². The summed E-state index contributed by atoms with van der Waals surface area (Å²) in [4.78, 5) is 11.4. The van der Waals surface area contributed by atoms with Crippen LogP contribution in [0.3, 0.4) is 0 Å². The zero-order valence-electron chi connectivity index (χ0n) is 11.9. The second kappa shape index (κ2) is 7.10. The molecule has 0 aromatic heterocycles. The highest BCUT2D eigenvalue weighted by Gasteiger charge is 2.35. The van der Waals surface area contributed by atoms with E-state index in [4.69, 9.17) is 4.74 Å². The molecule has 1 saturated heterocycles. The third-order valence-corrected chi connectivity index (χ3v) is 4.47. The standard InChI is InChI=1S/C14H27NO3/c1-4-14(5-2,13(16)17)10-15-11(3)12-7-6-8-18-9-12/h11-12,15H,4-10H2,1-3H3,(H,16,17). The molecule has 2 atom stereocenters. The van der Waals surface area contributed by atoms with Gasteiger partial charge in [-0.15, -0.1) is 0 Å². The van der Waals surface area contributed by atoms with Gasteiger partial charge in [-0.05, 0) is 38.5 Å². The molecule has 18 heavy (non-hydrogen) atoms. The van der Waals surface area contributed by atoms with Crippen molar-refractivity contribution < 1.29 is 14.6 Å². The van der Waals surface area contributed by atoms with Crippen LogP contribution in [0.4, 0.5) is 0 Å². The number of hydrogen-bond donors (Lipinski definition) is 2. The molecule has 106 valence electrons. The van der Waals surface area contributed by atoms with E-state index in [1.165, 1.54) is 6.42 Å². The van der Waals surface area contributed by atoms with Crippen LogP contribution >= 0.6 is 0 Å². The second-order valence-corrected chi connectivity index (χ2v) is 5.44. The third-order valence-electron chi connectivity index (χ3n) is 4.47. The predicted molar refractivity (Wildman–Crippen MR) is 71.7 cm³/mol. The molecule has 4 nitrogen and oxygen atoms in total. The summed E-state index contributed by atoms with van der Waals surface area (Å²) in [5.41, 5.74) is -0.621. The van der Waals surface area contributed by atoms with Gasteiger partial charge in [0.05, 0.1) is 12.0 Å². The van der Waals surface area contributed by atoms with Crippen LogP contribution in [0.5, 0.6) is 0 Å². The topological polar surface area (TPSA) is 58.6 Å². The molecule has 0 saturated carbocycles. The minimum atomic E-state index is -0.688. The molecule has 1 fully saturated rings. The Labute approximate surface area is 110 Å². The largest absolute Gasteiger partial charge is 0.481 e. The Balaban J connectivity index is 2.48. The molecule has 0 spiro atoms. The van der Waals surface area contributed by atoms with Crippen molar-refractivity contribution in [2.45, 2.75) is 52.5 Å². The Morgan fingerprint density at radius 3 is 2.61 bits per heavy atom. The summed E-state index contributed by atoms with van der Waals surface area (Å²) in [7, 11) is 0. The number of hydrogen-bond acceptors (Lipinski definition) is 3. The van der Waals surface area contributed by atoms with E-state index < -0.39 is 11.4 Å². The van der Waals surface area contributed by atoms with Crippen LogP contribution < -0.4 is 5.32 Å². The summed E-state index contributed by atoms with van der Waals surface area (Å²) >= 11 is 0. The van der Waals surface area contributed by atoms with Crippen LogP contribution in [-0.2, 0) is 9.53 Å². The first-order chi connectivity index (χ1) is 8.55. The SMILES string of the molecule is CCC(CC)(CNC(C)C1CCCOC1)C(=O)O. The van der Waals surface area contributed by atoms with Crippen molar-refractivity contribution in [1.82, 2.24) is 5.32 Å². The van der Waals surface area contributed by atoms with Crippen molar-refractivity contribution in [3.05, 3.63) is 0 Å². The number of nitrogens with one attached hydrogen (secondary N) is 1. The Kier molecular flexibility index (Phi) is 6.09. The Bertz CT molecular complexity index is 258. The lowest BCUT2D eigenvalue weighted by Crippen LogP contribution is -2.46. The molecule has 1 rings (SSSR count). The first-order valence-electron chi connectivity index (χ1n) is 7.10. The highest BCUT2D eigenvalue weighted by Crippen LogP contribution is 2.26. The molecule has 0 aliphatic carbocycles. The Morgan fingerprint density at radius 1 is 1.50 bits per heavy atom. The molecule has 1 aliphatic rings. The van der Waals surface area contributed by atoms with Crippen LogP contribution in [0.2, 0.25) is 0 Å². The van der Waals surface area contributed by atoms with Gasteiger partial charge in [0.2, 0.25) is 0 Å². The fraction of sp³-hybridized carbons (Fsp3) is 0.929. The summed E-state index contributed by atoms with van der Waals surface area (Å²) in [6, 6.07) is 0.321. The lowest BCUT2D eigenvalue weighted by atomic mass is 9.81. The van der Waals surface area contributed by atoms with E-state index in [1.807, 2.05) is 13.8 Å². The van der Waals surface area contributed by atoms with Gasteiger partial charge in [-0.3, -0.25) is 4.79 Å². The van der Waals surface area contributed by atoms with E-state index in [9.17, 15) is 9.90 Å². The fourth-order valence-electron chi connectivity index (χ4n) is 2.56. The molecule has 2 N–H and O–H groups in total. The summed E-state index contributed by atoms with van der Waals surface area (Å²) in [5, 5.41) is 12.8. The normalized spacial score (nSPS) is 22.7. The van der Waals surface area contributed by atoms with Crippen molar-refractivity contribution in [2.24, 2.45) is 11.3 Å². The van der Waals surface area contributed by atoms with Crippen molar-refractivity contribution in [2.75, 3.05) is 19.8 Å². The predicted octanol–water partition coefficient (Wildman–Crippen LogP) is 2.28. The molecular formula is C14H27NO3. The van der Waals surface area contributed by atoms with E-state index in [0.717, 1.165) is 19.6 Å². The van der Waals surface area contributed by atoms with Crippen LogP contribution in [0, 0.1) is 11.3 Å². The third kappa shape index (κ3) is 3.69. The van der Waals surface area contributed by atoms with Gasteiger partial charge in [-0.25, -0.2) is 0 Å². The molecule has 0 radical (unpaired) electrons. The lowest BCUT2D eigenvalue weighted by molar-refractivity contribution is -0.149. The maximum absolute atomic E-state index is 11.4. The summed E-state index contributed by atoms with van der Waals surface area (Å²) in [5.74, 6) is -0.175. The van der Waals surface area contributed by atoms with Crippen LogP contribution in [-0.4, -0.2) is 36.9 Å². The van der Waals surface area contributed by atoms with Crippen molar-refractivity contribution in [1.29, 1.82) is 0 Å². The first-order valence-corrected chi connectivity index (χ1v) is 7.10. The summed E-state index contributed by atoms with van der Waals surface area (Å²) in [6.07, 6.45) is 3.62. The zero-order valence-corrected chi connectivity index (χ0v) is 11.9. The first kappa shape index (κ1) is 15.4. The Hall–Kier alpha value is -0.610. The zero-order chi connectivity index (χ0) is 13.6. The van der Waals surface area contributed by atoms with Gasteiger partial charge in [0.25, 0.3) is 0 Å². The maximum atomic E-state index is 11.4. The van der Waals surface area contributed by atoms with E-state index in [-0.39, 0.29) is 0 Å². The number of aliphatic carboxylic acids is 1. The van der Waals surface area contributed by atoms with Crippen molar-refractivity contribution in [3.63, 3.8) is 0 Å². The average Bonchev–Trinajstić information content (AvgIpc) is 2.41. The molecule has 0 aromatic carbocycles. The van der Waals surface area contributed by atoms with E-state index in [0.29, 0.717) is 31.3 Å². The molecule has 0 aromatic rings. The number of carboxylic acid groups (broad SMARTS) is 1. The molecule has 1 heterocycles. The van der Waals surface area contributed by atoms with Gasteiger partial charge in [-0.1, -0.05) is 13.8 Å². The van der Waals surface area contributed by atoms with Gasteiger partial charge in [0.1, 0.15) is 0 Å². The fourth-order valence-corrected chi connectivity index (χ4v) is 2.56. The van der Waals surface area contributed by atoms with Gasteiger partial charge in [0, 0.05) is 19.2 Å². The molecule has 1 aliphatic heterocycles. The summed E-state index contributed by atoms with van der Waals surface area (Å²) < 4.78 is 5.48. The van der Waals surface area contributed by atoms with Gasteiger partial charge >= 0.3 is 5.97 Å². The second-order valence-electron chi connectivity index (χ2n) is 5.44. The molecule has 0 amide bonds. The van der Waals surface area contributed by atoms with Crippen LogP contribution in [0.15, 0.2) is 0 Å².